The number of carbonyl (C=O) groups is 3. The van der Waals surface area contributed by atoms with E-state index >= 15 is 0 Å². The summed E-state index contributed by atoms with van der Waals surface area (Å²) in [6.07, 6.45) is 6.26. The second-order valence-corrected chi connectivity index (χ2v) is 16.5. The molecule has 5 aliphatic rings. The number of aryl methyl sites for hydroxylation is 2. The van der Waals surface area contributed by atoms with E-state index in [0.717, 1.165) is 70.5 Å². The van der Waals surface area contributed by atoms with Crippen LogP contribution in [0.25, 0.3) is 22.5 Å². The van der Waals surface area contributed by atoms with E-state index in [9.17, 15) is 14.4 Å². The van der Waals surface area contributed by atoms with E-state index in [0.29, 0.717) is 67.6 Å². The summed E-state index contributed by atoms with van der Waals surface area (Å²) in [6, 6.07) is 3.62. The number of nitrogens with two attached hydrogens (primary N) is 1. The van der Waals surface area contributed by atoms with Crippen LogP contribution < -0.4 is 16.4 Å². The number of aromatic nitrogens is 6. The van der Waals surface area contributed by atoms with E-state index in [2.05, 4.69) is 20.6 Å². The summed E-state index contributed by atoms with van der Waals surface area (Å²) in [5.41, 5.74) is 13.5. The molecule has 0 atom stereocenters. The van der Waals surface area contributed by atoms with Gasteiger partial charge in [-0.3, -0.25) is 14.2 Å². The van der Waals surface area contributed by atoms with E-state index in [1.165, 1.54) is 0 Å². The topological polar surface area (TPSA) is 184 Å². The smallest absolute Gasteiger partial charge is 0.410 e. The van der Waals surface area contributed by atoms with Gasteiger partial charge < -0.3 is 30.7 Å². The van der Waals surface area contributed by atoms with Gasteiger partial charge in [0.1, 0.15) is 27.3 Å². The van der Waals surface area contributed by atoms with Crippen LogP contribution in [0.3, 0.4) is 0 Å². The molecule has 0 unspecified atom stereocenters. The summed E-state index contributed by atoms with van der Waals surface area (Å²) in [5.74, 6) is -0.492. The van der Waals surface area contributed by atoms with Gasteiger partial charge in [0.15, 0.2) is 0 Å². The highest BCUT2D eigenvalue weighted by Gasteiger charge is 2.52. The lowest BCUT2D eigenvalue weighted by atomic mass is 9.86. The Balaban J connectivity index is 0.000000155. The van der Waals surface area contributed by atoms with Crippen molar-refractivity contribution in [1.82, 2.24) is 45.1 Å². The number of nitrogens with zero attached hydrogens (tertiary/aromatic N) is 7. The third kappa shape index (κ3) is 6.60. The molecule has 4 aromatic rings. The maximum absolute atomic E-state index is 13.0. The third-order valence-electron chi connectivity index (χ3n) is 10.4. The fraction of sp³-hybridized carbons (Fsp3) is 0.486. The molecule has 7 heterocycles. The first kappa shape index (κ1) is 36.4. The third-order valence-corrected chi connectivity index (χ3v) is 10.8. The normalized spacial score (nSPS) is 18.3. The number of amides is 2. The number of hydrogen-bond donors (Lipinski definition) is 3. The predicted molar refractivity (Wildman–Crippen MR) is 200 cm³/mol. The van der Waals surface area contributed by atoms with Gasteiger partial charge in [0.25, 0.3) is 5.91 Å². The number of nitrogens with one attached hydrogen (secondary N) is 2. The molecule has 15 nitrogen and oxygen atoms in total. The van der Waals surface area contributed by atoms with E-state index in [4.69, 9.17) is 48.6 Å². The Hall–Kier alpha value is -4.57. The highest BCUT2D eigenvalue weighted by molar-refractivity contribution is 6.30. The number of carbonyl (C=O) groups excluding carboxylic acids is 3. The van der Waals surface area contributed by atoms with Crippen molar-refractivity contribution in [2.24, 2.45) is 5.73 Å². The molecule has 1 spiro atoms. The van der Waals surface area contributed by atoms with Crippen LogP contribution in [0.15, 0.2) is 24.5 Å². The number of esters is 1. The van der Waals surface area contributed by atoms with Crippen molar-refractivity contribution < 1.29 is 23.9 Å². The molecule has 0 saturated carbocycles. The summed E-state index contributed by atoms with van der Waals surface area (Å²) in [7, 11) is 0. The molecule has 284 valence electrons. The SMILES string of the molecule is CC(C)(C)OC(=O)N1CC2(C1)Cn1nc3c(c1C(=O)N2)CCc1cnc(Cl)cc1-3.CCOC(=O)c1c2c(nn1CC1(N)CNC1)-c1cc(Cl)ncc1CC2. The molecular weight excluding hydrogens is 735 g/mol. The minimum absolute atomic E-state index is 0.141. The number of fused-ring (bicyclic) bond motifs is 8. The Morgan fingerprint density at radius 2 is 1.54 bits per heavy atom. The minimum atomic E-state index is -0.548. The monoisotopic (exact) mass is 776 g/mol. The molecule has 17 heteroatoms. The first-order valence-electron chi connectivity index (χ1n) is 18.1. The highest BCUT2D eigenvalue weighted by Crippen LogP contribution is 2.39. The number of pyridine rings is 2. The first-order chi connectivity index (χ1) is 25.6. The lowest BCUT2D eigenvalue weighted by Gasteiger charge is -2.51. The lowest BCUT2D eigenvalue weighted by molar-refractivity contribution is -0.0231. The molecule has 0 aromatic carbocycles. The van der Waals surface area contributed by atoms with Crippen LogP contribution in [-0.4, -0.2) is 102 Å². The summed E-state index contributed by atoms with van der Waals surface area (Å²) in [6.45, 7) is 10.8. The van der Waals surface area contributed by atoms with E-state index in [-0.39, 0.29) is 18.0 Å². The fourth-order valence-corrected chi connectivity index (χ4v) is 8.21. The van der Waals surface area contributed by atoms with Gasteiger partial charge in [-0.05, 0) is 76.6 Å². The number of rotatable bonds is 4. The number of halogens is 2. The summed E-state index contributed by atoms with van der Waals surface area (Å²) >= 11 is 12.2. The largest absolute Gasteiger partial charge is 0.461 e. The van der Waals surface area contributed by atoms with Crippen molar-refractivity contribution in [2.45, 2.75) is 83.1 Å². The molecule has 4 aromatic heterocycles. The van der Waals surface area contributed by atoms with Gasteiger partial charge in [0.05, 0.1) is 55.3 Å². The molecule has 2 fully saturated rings. The molecule has 0 bridgehead atoms. The average molecular weight is 778 g/mol. The van der Waals surface area contributed by atoms with Crippen molar-refractivity contribution in [3.63, 3.8) is 0 Å². The van der Waals surface area contributed by atoms with Crippen molar-refractivity contribution in [3.05, 3.63) is 68.5 Å². The summed E-state index contributed by atoms with van der Waals surface area (Å²) < 4.78 is 14.2. The molecule has 0 radical (unpaired) electrons. The van der Waals surface area contributed by atoms with Crippen molar-refractivity contribution in [3.8, 4) is 22.5 Å². The van der Waals surface area contributed by atoms with E-state index in [1.807, 2.05) is 32.9 Å². The molecule has 4 N–H and O–H groups in total. The lowest BCUT2D eigenvalue weighted by Crippen LogP contribution is -2.75. The Morgan fingerprint density at radius 3 is 2.11 bits per heavy atom. The van der Waals surface area contributed by atoms with Gasteiger partial charge in [-0.25, -0.2) is 19.6 Å². The zero-order chi connectivity index (χ0) is 38.2. The Kier molecular flexibility index (Phi) is 8.98. The van der Waals surface area contributed by atoms with E-state index < -0.39 is 16.7 Å². The van der Waals surface area contributed by atoms with Crippen LogP contribution >= 0.6 is 23.2 Å². The maximum Gasteiger partial charge on any atom is 0.410 e. The summed E-state index contributed by atoms with van der Waals surface area (Å²) in [4.78, 5) is 47.8. The van der Waals surface area contributed by atoms with Crippen molar-refractivity contribution in [2.75, 3.05) is 32.8 Å². The van der Waals surface area contributed by atoms with Crippen LogP contribution in [0.4, 0.5) is 4.79 Å². The average Bonchev–Trinajstić information content (AvgIpc) is 3.64. The number of hydrogen-bond acceptors (Lipinski definition) is 11. The Morgan fingerprint density at radius 1 is 0.926 bits per heavy atom. The number of ether oxygens (including phenoxy) is 2. The van der Waals surface area contributed by atoms with Crippen LogP contribution in [0, 0.1) is 0 Å². The molecule has 2 amide bonds. The maximum atomic E-state index is 13.0. The molecule has 9 rings (SSSR count). The van der Waals surface area contributed by atoms with Gasteiger partial charge >= 0.3 is 12.1 Å². The Bertz CT molecular complexity index is 2200. The molecule has 2 saturated heterocycles. The van der Waals surface area contributed by atoms with Gasteiger partial charge in [0.2, 0.25) is 0 Å². The minimum Gasteiger partial charge on any atom is -0.461 e. The molecule has 54 heavy (non-hydrogen) atoms. The van der Waals surface area contributed by atoms with Crippen molar-refractivity contribution in [1.29, 1.82) is 0 Å². The Labute approximate surface area is 321 Å². The van der Waals surface area contributed by atoms with Gasteiger partial charge in [0, 0.05) is 47.7 Å². The van der Waals surface area contributed by atoms with E-state index in [1.54, 1.807) is 33.6 Å². The zero-order valence-electron chi connectivity index (χ0n) is 30.6. The van der Waals surface area contributed by atoms with Crippen molar-refractivity contribution >= 4 is 41.2 Å². The highest BCUT2D eigenvalue weighted by atomic mass is 35.5. The van der Waals surface area contributed by atoms with Gasteiger partial charge in [-0.1, -0.05) is 23.2 Å². The second kappa shape index (κ2) is 13.3. The van der Waals surface area contributed by atoms with Crippen LogP contribution in [0.5, 0.6) is 0 Å². The first-order valence-corrected chi connectivity index (χ1v) is 18.9. The second-order valence-electron chi connectivity index (χ2n) is 15.8. The summed E-state index contributed by atoms with van der Waals surface area (Å²) in [5, 5.41) is 16.6. The molecule has 2 aliphatic carbocycles. The van der Waals surface area contributed by atoms with Gasteiger partial charge in [-0.2, -0.15) is 10.2 Å². The quantitative estimate of drug-likeness (QED) is 0.203. The predicted octanol–water partition coefficient (Wildman–Crippen LogP) is 3.60. The van der Waals surface area contributed by atoms with Crippen LogP contribution in [0.2, 0.25) is 10.3 Å². The van der Waals surface area contributed by atoms with Crippen LogP contribution in [0.1, 0.15) is 70.9 Å². The van der Waals surface area contributed by atoms with Gasteiger partial charge in [-0.15, -0.1) is 0 Å². The molecular formula is C37H42Cl2N10O5. The van der Waals surface area contributed by atoms with Crippen LogP contribution in [-0.2, 0) is 48.2 Å². The standard InChI is InChI=1S/C20H22ClN5O3.C17H20ClN5O2/c1-19(2,3)29-18(28)25-8-20(9-25)10-26-16(17(27)23-20)12-5-4-11-7-22-14(21)6-13(11)15(12)24-26;1-2-25-16(24)15-11-4-3-10-6-21-13(18)5-12(10)14(11)22-23(15)9-17(19)7-20-8-17/h6-7H,4-5,8-10H2,1-3H3,(H,23,27);5-6,20H,2-4,7-9,19H2,1H3. The fourth-order valence-electron chi connectivity index (χ4n) is 7.89. The molecule has 3 aliphatic heterocycles. The number of likely N-dealkylation sites (tertiary alicyclic amines) is 1. The zero-order valence-corrected chi connectivity index (χ0v) is 32.1.